The standard InChI is InChI=1S/C21H28N4O3/c1-21(2,3)28-20(26)25-18(15-9-6-5-7-10-15)14-23-19(22)24-16-11-8-12-17(13-16)27-4/h5-13,18H,14H2,1-4H3,(H,25,26)(H3,22,23,24). The molecule has 7 heteroatoms. The lowest BCUT2D eigenvalue weighted by Crippen LogP contribution is -2.36. The van der Waals surface area contributed by atoms with Crippen LogP contribution in [0.1, 0.15) is 32.4 Å². The van der Waals surface area contributed by atoms with Crippen LogP contribution in [0.2, 0.25) is 0 Å². The summed E-state index contributed by atoms with van der Waals surface area (Å²) in [6.07, 6.45) is -0.504. The molecule has 28 heavy (non-hydrogen) atoms. The number of rotatable bonds is 6. The van der Waals surface area contributed by atoms with Gasteiger partial charge >= 0.3 is 6.09 Å². The number of carbonyl (C=O) groups excluding carboxylic acids is 1. The number of guanidine groups is 1. The van der Waals surface area contributed by atoms with E-state index in [1.807, 2.05) is 75.4 Å². The molecular formula is C21H28N4O3. The number of aliphatic imine (C=N–C) groups is 1. The molecule has 2 aromatic rings. The van der Waals surface area contributed by atoms with Crippen LogP contribution >= 0.6 is 0 Å². The number of ether oxygens (including phenoxy) is 2. The van der Waals surface area contributed by atoms with Crippen molar-refractivity contribution in [2.45, 2.75) is 32.4 Å². The van der Waals surface area contributed by atoms with E-state index in [1.165, 1.54) is 0 Å². The van der Waals surface area contributed by atoms with Gasteiger partial charge in [-0.1, -0.05) is 36.4 Å². The van der Waals surface area contributed by atoms with Crippen molar-refractivity contribution in [1.82, 2.24) is 5.32 Å². The quantitative estimate of drug-likeness (QED) is 0.521. The van der Waals surface area contributed by atoms with Crippen LogP contribution in [0.4, 0.5) is 10.5 Å². The summed E-state index contributed by atoms with van der Waals surface area (Å²) < 4.78 is 10.6. The molecule has 0 saturated carbocycles. The van der Waals surface area contributed by atoms with Crippen LogP contribution in [-0.4, -0.2) is 31.3 Å². The van der Waals surface area contributed by atoms with Gasteiger partial charge in [0.2, 0.25) is 0 Å². The van der Waals surface area contributed by atoms with E-state index in [-0.39, 0.29) is 18.5 Å². The van der Waals surface area contributed by atoms with E-state index in [1.54, 1.807) is 7.11 Å². The number of amides is 1. The molecule has 4 N–H and O–H groups in total. The first-order chi connectivity index (χ1) is 13.3. The Balaban J connectivity index is 2.08. The molecule has 0 saturated heterocycles. The van der Waals surface area contributed by atoms with E-state index in [9.17, 15) is 4.79 Å². The number of nitrogens with two attached hydrogens (primary N) is 1. The highest BCUT2D eigenvalue weighted by molar-refractivity contribution is 5.92. The van der Waals surface area contributed by atoms with Crippen LogP contribution in [0.5, 0.6) is 5.75 Å². The molecule has 1 amide bonds. The Kier molecular flexibility index (Phi) is 7.26. The van der Waals surface area contributed by atoms with E-state index in [4.69, 9.17) is 15.2 Å². The Morgan fingerprint density at radius 1 is 1.14 bits per heavy atom. The summed E-state index contributed by atoms with van der Waals surface area (Å²) in [4.78, 5) is 16.6. The highest BCUT2D eigenvalue weighted by atomic mass is 16.6. The van der Waals surface area contributed by atoms with Crippen molar-refractivity contribution in [3.8, 4) is 5.75 Å². The lowest BCUT2D eigenvalue weighted by molar-refractivity contribution is 0.0505. The van der Waals surface area contributed by atoms with Gasteiger partial charge in [0.1, 0.15) is 11.4 Å². The average molecular weight is 384 g/mol. The molecule has 0 radical (unpaired) electrons. The van der Waals surface area contributed by atoms with Crippen molar-refractivity contribution in [2.75, 3.05) is 19.0 Å². The smallest absolute Gasteiger partial charge is 0.408 e. The van der Waals surface area contributed by atoms with E-state index in [0.29, 0.717) is 5.75 Å². The van der Waals surface area contributed by atoms with Gasteiger partial charge in [0, 0.05) is 11.8 Å². The van der Waals surface area contributed by atoms with Gasteiger partial charge in [-0.15, -0.1) is 0 Å². The molecule has 0 aliphatic rings. The number of methoxy groups -OCH3 is 1. The molecule has 2 rings (SSSR count). The first kappa shape index (κ1) is 21.1. The van der Waals surface area contributed by atoms with Gasteiger partial charge in [-0.3, -0.25) is 4.99 Å². The van der Waals surface area contributed by atoms with E-state index < -0.39 is 11.7 Å². The summed E-state index contributed by atoms with van der Waals surface area (Å²) in [5.41, 5.74) is 7.10. The predicted molar refractivity (Wildman–Crippen MR) is 112 cm³/mol. The van der Waals surface area contributed by atoms with Crippen LogP contribution < -0.4 is 21.1 Å². The van der Waals surface area contributed by atoms with Crippen LogP contribution in [0.25, 0.3) is 0 Å². The number of hydrogen-bond donors (Lipinski definition) is 3. The number of nitrogens with zero attached hydrogens (tertiary/aromatic N) is 1. The Labute approximate surface area is 165 Å². The maximum absolute atomic E-state index is 12.2. The zero-order valence-corrected chi connectivity index (χ0v) is 16.7. The van der Waals surface area contributed by atoms with Crippen LogP contribution in [0.3, 0.4) is 0 Å². The topological polar surface area (TPSA) is 98.0 Å². The van der Waals surface area contributed by atoms with Gasteiger partial charge in [-0.2, -0.15) is 0 Å². The Morgan fingerprint density at radius 2 is 1.86 bits per heavy atom. The Hall–Kier alpha value is -3.22. The van der Waals surface area contributed by atoms with E-state index in [2.05, 4.69) is 15.6 Å². The molecule has 0 aliphatic heterocycles. The second-order valence-electron chi connectivity index (χ2n) is 7.19. The van der Waals surface area contributed by atoms with Crippen molar-refractivity contribution in [2.24, 2.45) is 10.7 Å². The first-order valence-corrected chi connectivity index (χ1v) is 9.02. The van der Waals surface area contributed by atoms with Crippen LogP contribution in [0, 0.1) is 0 Å². The van der Waals surface area contributed by atoms with Gasteiger partial charge in [0.15, 0.2) is 5.96 Å². The highest BCUT2D eigenvalue weighted by Gasteiger charge is 2.20. The Bertz CT molecular complexity index is 801. The molecular weight excluding hydrogens is 356 g/mol. The molecule has 0 heterocycles. The largest absolute Gasteiger partial charge is 0.497 e. The minimum Gasteiger partial charge on any atom is -0.497 e. The molecule has 150 valence electrons. The molecule has 0 bridgehead atoms. The van der Waals surface area contributed by atoms with Gasteiger partial charge in [0.05, 0.1) is 19.7 Å². The number of benzene rings is 2. The molecule has 2 aromatic carbocycles. The van der Waals surface area contributed by atoms with Crippen molar-refractivity contribution >= 4 is 17.7 Å². The third-order valence-corrected chi connectivity index (χ3v) is 3.68. The van der Waals surface area contributed by atoms with Gasteiger partial charge in [-0.25, -0.2) is 4.79 Å². The number of hydrogen-bond acceptors (Lipinski definition) is 4. The third-order valence-electron chi connectivity index (χ3n) is 3.68. The zero-order valence-electron chi connectivity index (χ0n) is 16.7. The summed E-state index contributed by atoms with van der Waals surface area (Å²) >= 11 is 0. The fourth-order valence-electron chi connectivity index (χ4n) is 2.45. The SMILES string of the molecule is COc1cccc(NC(N)=NCC(NC(=O)OC(C)(C)C)c2ccccc2)c1. The minimum atomic E-state index is -0.582. The number of carbonyl (C=O) groups is 1. The molecule has 0 aromatic heterocycles. The summed E-state index contributed by atoms with van der Waals surface area (Å²) in [5.74, 6) is 0.951. The minimum absolute atomic E-state index is 0.236. The fraction of sp³-hybridized carbons (Fsp3) is 0.333. The molecule has 1 unspecified atom stereocenters. The summed E-state index contributed by atoms with van der Waals surface area (Å²) in [6, 6.07) is 16.6. The Morgan fingerprint density at radius 3 is 2.50 bits per heavy atom. The second kappa shape index (κ2) is 9.64. The maximum Gasteiger partial charge on any atom is 0.408 e. The van der Waals surface area contributed by atoms with Gasteiger partial charge in [-0.05, 0) is 38.5 Å². The first-order valence-electron chi connectivity index (χ1n) is 9.02. The van der Waals surface area contributed by atoms with Crippen LogP contribution in [0.15, 0.2) is 59.6 Å². The second-order valence-corrected chi connectivity index (χ2v) is 7.19. The number of nitrogens with one attached hydrogen (secondary N) is 2. The highest BCUT2D eigenvalue weighted by Crippen LogP contribution is 2.17. The molecule has 0 spiro atoms. The lowest BCUT2D eigenvalue weighted by Gasteiger charge is -2.23. The molecule has 0 aliphatic carbocycles. The number of anilines is 1. The average Bonchev–Trinajstić information content (AvgIpc) is 2.64. The predicted octanol–water partition coefficient (Wildman–Crippen LogP) is 3.69. The van der Waals surface area contributed by atoms with E-state index in [0.717, 1.165) is 11.3 Å². The lowest BCUT2D eigenvalue weighted by atomic mass is 10.1. The van der Waals surface area contributed by atoms with Crippen molar-refractivity contribution < 1.29 is 14.3 Å². The van der Waals surface area contributed by atoms with Crippen molar-refractivity contribution in [3.05, 3.63) is 60.2 Å². The van der Waals surface area contributed by atoms with Gasteiger partial charge < -0.3 is 25.8 Å². The van der Waals surface area contributed by atoms with Gasteiger partial charge in [0.25, 0.3) is 0 Å². The van der Waals surface area contributed by atoms with E-state index >= 15 is 0 Å². The third kappa shape index (κ3) is 7.19. The summed E-state index contributed by atoms with van der Waals surface area (Å²) in [6.45, 7) is 5.71. The van der Waals surface area contributed by atoms with Crippen molar-refractivity contribution in [3.63, 3.8) is 0 Å². The molecule has 7 nitrogen and oxygen atoms in total. The van der Waals surface area contributed by atoms with Crippen LogP contribution in [-0.2, 0) is 4.74 Å². The monoisotopic (exact) mass is 384 g/mol. The number of alkyl carbamates (subject to hydrolysis) is 1. The summed E-state index contributed by atoms with van der Waals surface area (Å²) in [5, 5.41) is 5.87. The maximum atomic E-state index is 12.2. The summed E-state index contributed by atoms with van der Waals surface area (Å²) in [7, 11) is 1.60. The normalized spacial score (nSPS) is 12.8. The molecule has 1 atom stereocenters. The molecule has 0 fully saturated rings. The zero-order chi connectivity index (χ0) is 20.6. The fourth-order valence-corrected chi connectivity index (χ4v) is 2.45. The van der Waals surface area contributed by atoms with Crippen molar-refractivity contribution in [1.29, 1.82) is 0 Å².